The number of aromatic nitrogens is 1. The summed E-state index contributed by atoms with van der Waals surface area (Å²) in [6, 6.07) is 6.75. The lowest BCUT2D eigenvalue weighted by Gasteiger charge is -2.07. The number of hydrogen-bond acceptors (Lipinski definition) is 3. The quantitative estimate of drug-likeness (QED) is 0.804. The van der Waals surface area contributed by atoms with E-state index in [2.05, 4.69) is 4.98 Å². The molecule has 0 saturated carbocycles. The van der Waals surface area contributed by atoms with Crippen molar-refractivity contribution in [3.8, 4) is 17.3 Å². The lowest BCUT2D eigenvalue weighted by atomic mass is 10.1. The van der Waals surface area contributed by atoms with Crippen molar-refractivity contribution in [1.29, 1.82) is 5.26 Å². The van der Waals surface area contributed by atoms with Crippen molar-refractivity contribution in [2.75, 3.05) is 5.73 Å². The Hall–Kier alpha value is -1.47. The van der Waals surface area contributed by atoms with E-state index in [1.807, 2.05) is 6.07 Å². The van der Waals surface area contributed by atoms with E-state index < -0.39 is 0 Å². The van der Waals surface area contributed by atoms with Gasteiger partial charge in [0.25, 0.3) is 0 Å². The number of nitriles is 1. The lowest BCUT2D eigenvalue weighted by Crippen LogP contribution is -1.95. The molecule has 18 heavy (non-hydrogen) atoms. The Bertz CT molecular complexity index is 639. The normalized spacial score (nSPS) is 10.1. The minimum Gasteiger partial charge on any atom is -0.397 e. The number of anilines is 1. The second kappa shape index (κ2) is 5.03. The zero-order chi connectivity index (χ0) is 13.3. The summed E-state index contributed by atoms with van der Waals surface area (Å²) in [5.74, 6) is 0. The third-order valence-corrected chi connectivity index (χ3v) is 3.50. The van der Waals surface area contributed by atoms with Crippen LogP contribution in [0.4, 0.5) is 5.69 Å². The summed E-state index contributed by atoms with van der Waals surface area (Å²) in [6.45, 7) is 0. The van der Waals surface area contributed by atoms with Crippen molar-refractivity contribution in [3.63, 3.8) is 0 Å². The van der Waals surface area contributed by atoms with Gasteiger partial charge in [-0.2, -0.15) is 5.26 Å². The number of nitrogens with zero attached hydrogens (tertiary/aromatic N) is 2. The third kappa shape index (κ3) is 2.37. The SMILES string of the molecule is N#Cc1cnc(-c2cc(Cl)c(Cl)c(Cl)c2)c(N)c1. The largest absolute Gasteiger partial charge is 0.397 e. The number of nitrogens with two attached hydrogens (primary N) is 1. The van der Waals surface area contributed by atoms with Crippen LogP contribution in [0.1, 0.15) is 5.56 Å². The zero-order valence-corrected chi connectivity index (χ0v) is 11.2. The van der Waals surface area contributed by atoms with E-state index in [0.717, 1.165) is 0 Å². The fourth-order valence-electron chi connectivity index (χ4n) is 1.48. The van der Waals surface area contributed by atoms with Gasteiger partial charge < -0.3 is 5.73 Å². The standard InChI is InChI=1S/C12H6Cl3N3/c13-8-2-7(3-9(14)11(8)15)12-10(17)1-6(4-16)5-18-12/h1-3,5H,17H2. The van der Waals surface area contributed by atoms with Crippen molar-refractivity contribution in [3.05, 3.63) is 45.0 Å². The maximum absolute atomic E-state index is 8.74. The maximum atomic E-state index is 8.74. The molecule has 0 aliphatic rings. The van der Waals surface area contributed by atoms with Crippen LogP contribution >= 0.6 is 34.8 Å². The van der Waals surface area contributed by atoms with Gasteiger partial charge in [-0.1, -0.05) is 34.8 Å². The molecular formula is C12H6Cl3N3. The van der Waals surface area contributed by atoms with E-state index in [4.69, 9.17) is 45.8 Å². The van der Waals surface area contributed by atoms with Gasteiger partial charge in [-0.3, -0.25) is 4.98 Å². The Morgan fingerprint density at radius 2 is 1.72 bits per heavy atom. The van der Waals surface area contributed by atoms with Crippen LogP contribution in [0.5, 0.6) is 0 Å². The second-order valence-corrected chi connectivity index (χ2v) is 4.72. The summed E-state index contributed by atoms with van der Waals surface area (Å²) in [4.78, 5) is 4.12. The van der Waals surface area contributed by atoms with E-state index in [0.29, 0.717) is 32.6 Å². The van der Waals surface area contributed by atoms with Crippen LogP contribution in [0.15, 0.2) is 24.4 Å². The molecule has 1 aromatic heterocycles. The van der Waals surface area contributed by atoms with E-state index in [-0.39, 0.29) is 5.02 Å². The number of hydrogen-bond donors (Lipinski definition) is 1. The van der Waals surface area contributed by atoms with Crippen LogP contribution in [-0.2, 0) is 0 Å². The van der Waals surface area contributed by atoms with Crippen molar-refractivity contribution in [1.82, 2.24) is 4.98 Å². The van der Waals surface area contributed by atoms with Crippen molar-refractivity contribution in [2.45, 2.75) is 0 Å². The molecule has 90 valence electrons. The summed E-state index contributed by atoms with van der Waals surface area (Å²) in [5.41, 5.74) is 7.76. The molecule has 1 heterocycles. The Kier molecular flexibility index (Phi) is 3.63. The first-order valence-corrected chi connectivity index (χ1v) is 5.97. The van der Waals surface area contributed by atoms with Crippen LogP contribution in [0.3, 0.4) is 0 Å². The Morgan fingerprint density at radius 3 is 2.22 bits per heavy atom. The molecule has 0 saturated heterocycles. The van der Waals surface area contributed by atoms with Gasteiger partial charge in [-0.25, -0.2) is 0 Å². The van der Waals surface area contributed by atoms with Crippen LogP contribution in [0.25, 0.3) is 11.3 Å². The Labute approximate surface area is 119 Å². The zero-order valence-electron chi connectivity index (χ0n) is 8.92. The first-order chi connectivity index (χ1) is 8.52. The third-order valence-electron chi connectivity index (χ3n) is 2.30. The smallest absolute Gasteiger partial charge is 0.101 e. The predicted octanol–water partition coefficient (Wildman–Crippen LogP) is 4.16. The van der Waals surface area contributed by atoms with Gasteiger partial charge >= 0.3 is 0 Å². The molecule has 1 aromatic carbocycles. The molecule has 2 N–H and O–H groups in total. The summed E-state index contributed by atoms with van der Waals surface area (Å²) in [5, 5.41) is 9.68. The average molecular weight is 299 g/mol. The van der Waals surface area contributed by atoms with E-state index in [9.17, 15) is 0 Å². The minimum atomic E-state index is 0.286. The minimum absolute atomic E-state index is 0.286. The highest BCUT2D eigenvalue weighted by molar-refractivity contribution is 6.48. The summed E-state index contributed by atoms with van der Waals surface area (Å²) in [7, 11) is 0. The molecule has 2 aromatic rings. The van der Waals surface area contributed by atoms with Crippen LogP contribution in [0.2, 0.25) is 15.1 Å². The first-order valence-electron chi connectivity index (χ1n) is 4.83. The molecule has 0 spiro atoms. The Morgan fingerprint density at radius 1 is 1.11 bits per heavy atom. The van der Waals surface area contributed by atoms with Gasteiger partial charge in [-0.15, -0.1) is 0 Å². The molecule has 3 nitrogen and oxygen atoms in total. The van der Waals surface area contributed by atoms with Gasteiger partial charge in [0.15, 0.2) is 0 Å². The number of pyridine rings is 1. The molecule has 0 aliphatic carbocycles. The highest BCUT2D eigenvalue weighted by atomic mass is 35.5. The monoisotopic (exact) mass is 297 g/mol. The molecule has 2 rings (SSSR count). The fourth-order valence-corrected chi connectivity index (χ4v) is 2.07. The van der Waals surface area contributed by atoms with E-state index in [1.54, 1.807) is 18.2 Å². The van der Waals surface area contributed by atoms with Crippen LogP contribution in [-0.4, -0.2) is 4.98 Å². The van der Waals surface area contributed by atoms with Gasteiger partial charge in [0.2, 0.25) is 0 Å². The Balaban J connectivity index is 2.60. The van der Waals surface area contributed by atoms with Crippen molar-refractivity contribution < 1.29 is 0 Å². The van der Waals surface area contributed by atoms with E-state index in [1.165, 1.54) is 6.20 Å². The molecule has 0 aliphatic heterocycles. The molecule has 6 heteroatoms. The summed E-state index contributed by atoms with van der Waals surface area (Å²) < 4.78 is 0. The number of nitrogen functional groups attached to an aromatic ring is 1. The van der Waals surface area contributed by atoms with E-state index >= 15 is 0 Å². The molecule has 0 unspecified atom stereocenters. The second-order valence-electron chi connectivity index (χ2n) is 3.53. The molecule has 0 amide bonds. The summed E-state index contributed by atoms with van der Waals surface area (Å²) in [6.07, 6.45) is 1.43. The molecular weight excluding hydrogens is 293 g/mol. The lowest BCUT2D eigenvalue weighted by molar-refractivity contribution is 1.30. The fraction of sp³-hybridized carbons (Fsp3) is 0. The maximum Gasteiger partial charge on any atom is 0.101 e. The van der Waals surface area contributed by atoms with Crippen LogP contribution in [0, 0.1) is 11.3 Å². The van der Waals surface area contributed by atoms with Gasteiger partial charge in [0.1, 0.15) is 6.07 Å². The molecule has 0 bridgehead atoms. The van der Waals surface area contributed by atoms with Gasteiger partial charge in [-0.05, 0) is 18.2 Å². The van der Waals surface area contributed by atoms with Gasteiger partial charge in [0.05, 0.1) is 32.0 Å². The predicted molar refractivity (Wildman–Crippen MR) is 73.8 cm³/mol. The topological polar surface area (TPSA) is 62.7 Å². The first kappa shape index (κ1) is 13.0. The molecule has 0 radical (unpaired) electrons. The highest BCUT2D eigenvalue weighted by Gasteiger charge is 2.11. The van der Waals surface area contributed by atoms with Gasteiger partial charge in [0, 0.05) is 11.8 Å². The molecule has 0 fully saturated rings. The number of rotatable bonds is 1. The number of halogens is 3. The summed E-state index contributed by atoms with van der Waals surface area (Å²) >= 11 is 17.8. The highest BCUT2D eigenvalue weighted by Crippen LogP contribution is 2.36. The average Bonchev–Trinajstić information content (AvgIpc) is 2.35. The van der Waals surface area contributed by atoms with Crippen molar-refractivity contribution in [2.24, 2.45) is 0 Å². The molecule has 0 atom stereocenters. The van der Waals surface area contributed by atoms with Crippen molar-refractivity contribution >= 4 is 40.5 Å². The number of benzene rings is 1. The van der Waals surface area contributed by atoms with Crippen LogP contribution < -0.4 is 5.73 Å².